The third kappa shape index (κ3) is 3.45. The molecule has 3 aromatic rings. The van der Waals surface area contributed by atoms with Crippen molar-refractivity contribution >= 4 is 0 Å². The summed E-state index contributed by atoms with van der Waals surface area (Å²) < 4.78 is 16.1. The molecule has 0 spiro atoms. The van der Waals surface area contributed by atoms with E-state index in [1.165, 1.54) is 21.3 Å². The van der Waals surface area contributed by atoms with E-state index in [1.54, 1.807) is 30.3 Å². The van der Waals surface area contributed by atoms with Gasteiger partial charge in [-0.3, -0.25) is 0 Å². The molecule has 3 aromatic carbocycles. The summed E-state index contributed by atoms with van der Waals surface area (Å²) in [4.78, 5) is 0. The van der Waals surface area contributed by atoms with Gasteiger partial charge in [0.25, 0.3) is 0 Å². The molecule has 158 valence electrons. The van der Waals surface area contributed by atoms with Crippen LogP contribution >= 0.6 is 0 Å². The predicted octanol–water partition coefficient (Wildman–Crippen LogP) is 5.09. The Morgan fingerprint density at radius 3 is 1.53 bits per heavy atom. The lowest BCUT2D eigenvalue weighted by atomic mass is 9.91. The van der Waals surface area contributed by atoms with Crippen LogP contribution in [0.5, 0.6) is 34.5 Å². The lowest BCUT2D eigenvalue weighted by Crippen LogP contribution is -1.97. The molecule has 0 fully saturated rings. The molecule has 3 N–H and O–H groups in total. The summed E-state index contributed by atoms with van der Waals surface area (Å²) in [6.07, 6.45) is 0. The molecule has 0 atom stereocenters. The first-order chi connectivity index (χ1) is 14.2. The van der Waals surface area contributed by atoms with Crippen molar-refractivity contribution in [2.75, 3.05) is 21.3 Å². The molecule has 0 amide bonds. The van der Waals surface area contributed by atoms with Gasteiger partial charge in [-0.2, -0.15) is 0 Å². The maximum atomic E-state index is 11.1. The van der Waals surface area contributed by atoms with E-state index in [0.717, 1.165) is 16.7 Å². The van der Waals surface area contributed by atoms with Crippen LogP contribution in [-0.2, 0) is 0 Å². The highest BCUT2D eigenvalue weighted by Crippen LogP contribution is 2.52. The van der Waals surface area contributed by atoms with Crippen LogP contribution < -0.4 is 14.2 Å². The third-order valence-corrected chi connectivity index (χ3v) is 5.09. The predicted molar refractivity (Wildman–Crippen MR) is 116 cm³/mol. The number of benzene rings is 3. The Bertz CT molecular complexity index is 1120. The van der Waals surface area contributed by atoms with Crippen LogP contribution in [0.3, 0.4) is 0 Å². The van der Waals surface area contributed by atoms with Gasteiger partial charge in [-0.05, 0) is 67.8 Å². The van der Waals surface area contributed by atoms with E-state index in [1.807, 2.05) is 20.8 Å². The van der Waals surface area contributed by atoms with Gasteiger partial charge in [0.15, 0.2) is 34.5 Å². The van der Waals surface area contributed by atoms with Crippen LogP contribution in [0.4, 0.5) is 0 Å². The summed E-state index contributed by atoms with van der Waals surface area (Å²) in [6, 6.07) is 8.75. The van der Waals surface area contributed by atoms with Crippen LogP contribution in [0.1, 0.15) is 16.7 Å². The fraction of sp³-hybridized carbons (Fsp3) is 0.250. The maximum absolute atomic E-state index is 11.1. The quantitative estimate of drug-likeness (QED) is 0.543. The van der Waals surface area contributed by atoms with Gasteiger partial charge in [0.05, 0.1) is 21.3 Å². The molecule has 0 aliphatic heterocycles. The summed E-state index contributed by atoms with van der Waals surface area (Å²) in [6.45, 7) is 5.61. The minimum atomic E-state index is -0.152. The summed E-state index contributed by atoms with van der Waals surface area (Å²) in [5, 5.41) is 32.5. The SMILES string of the molecule is COc1cc(C)cc(-c2cc(C)c(-c3cc(C)cc(OC)c3O)c(OC)c2O)c1O. The van der Waals surface area contributed by atoms with E-state index in [0.29, 0.717) is 33.8 Å². The number of ether oxygens (including phenoxy) is 3. The molecular weight excluding hydrogens is 384 g/mol. The number of phenolic OH excluding ortho intramolecular Hbond substituents is 3. The maximum Gasteiger partial charge on any atom is 0.169 e. The Morgan fingerprint density at radius 2 is 1.03 bits per heavy atom. The summed E-state index contributed by atoms with van der Waals surface area (Å²) >= 11 is 0. The molecule has 0 heterocycles. The molecule has 0 unspecified atom stereocenters. The zero-order valence-corrected chi connectivity index (χ0v) is 18.0. The third-order valence-electron chi connectivity index (χ3n) is 5.09. The summed E-state index contributed by atoms with van der Waals surface area (Å²) in [7, 11) is 4.40. The Kier molecular flexibility index (Phi) is 5.69. The van der Waals surface area contributed by atoms with Crippen molar-refractivity contribution in [2.24, 2.45) is 0 Å². The fourth-order valence-electron chi connectivity index (χ4n) is 3.71. The van der Waals surface area contributed by atoms with E-state index >= 15 is 0 Å². The monoisotopic (exact) mass is 410 g/mol. The molecule has 30 heavy (non-hydrogen) atoms. The lowest BCUT2D eigenvalue weighted by molar-refractivity contribution is 0.369. The van der Waals surface area contributed by atoms with E-state index in [9.17, 15) is 15.3 Å². The highest BCUT2D eigenvalue weighted by Gasteiger charge is 2.24. The number of hydrogen-bond acceptors (Lipinski definition) is 6. The van der Waals surface area contributed by atoms with Crippen LogP contribution in [0.15, 0.2) is 30.3 Å². The minimum Gasteiger partial charge on any atom is -0.504 e. The number of hydrogen-bond donors (Lipinski definition) is 3. The second-order valence-electron chi connectivity index (χ2n) is 7.22. The van der Waals surface area contributed by atoms with E-state index in [4.69, 9.17) is 14.2 Å². The topological polar surface area (TPSA) is 88.4 Å². The number of phenols is 3. The Labute approximate surface area is 175 Å². The highest BCUT2D eigenvalue weighted by atomic mass is 16.5. The Morgan fingerprint density at radius 1 is 0.567 bits per heavy atom. The van der Waals surface area contributed by atoms with Gasteiger partial charge in [-0.25, -0.2) is 0 Å². The molecule has 6 heteroatoms. The van der Waals surface area contributed by atoms with Gasteiger partial charge < -0.3 is 29.5 Å². The zero-order valence-electron chi connectivity index (χ0n) is 18.0. The van der Waals surface area contributed by atoms with Gasteiger partial charge in [0.2, 0.25) is 0 Å². The Hall–Kier alpha value is -3.54. The van der Waals surface area contributed by atoms with E-state index < -0.39 is 0 Å². The summed E-state index contributed by atoms with van der Waals surface area (Å²) in [5.74, 6) is 0.556. The van der Waals surface area contributed by atoms with E-state index in [2.05, 4.69) is 0 Å². The minimum absolute atomic E-state index is 0.0447. The first-order valence-corrected chi connectivity index (χ1v) is 9.39. The van der Waals surface area contributed by atoms with Crippen LogP contribution in [0.25, 0.3) is 22.3 Å². The normalized spacial score (nSPS) is 10.7. The molecular formula is C24H26O6. The second kappa shape index (κ2) is 8.06. The van der Waals surface area contributed by atoms with Crippen LogP contribution in [0.2, 0.25) is 0 Å². The first-order valence-electron chi connectivity index (χ1n) is 9.39. The molecule has 0 bridgehead atoms. The Balaban J connectivity index is 2.35. The molecule has 0 radical (unpaired) electrons. The molecule has 0 aliphatic carbocycles. The van der Waals surface area contributed by atoms with Gasteiger partial charge in [-0.15, -0.1) is 0 Å². The highest BCUT2D eigenvalue weighted by molar-refractivity contribution is 5.90. The molecule has 6 nitrogen and oxygen atoms in total. The lowest BCUT2D eigenvalue weighted by Gasteiger charge is -2.20. The average molecular weight is 410 g/mol. The fourth-order valence-corrected chi connectivity index (χ4v) is 3.71. The van der Waals surface area contributed by atoms with Crippen molar-refractivity contribution < 1.29 is 29.5 Å². The standard InChI is InChI=1S/C24H26O6/c1-12-7-15(21(25)18(9-12)28-4)16-11-14(3)20(24(30-6)23(16)27)17-8-13(2)10-19(29-5)22(17)26/h7-11,25-27H,1-6H3. The van der Waals surface area contributed by atoms with Crippen molar-refractivity contribution in [1.82, 2.24) is 0 Å². The van der Waals surface area contributed by atoms with Gasteiger partial charge in [0.1, 0.15) is 0 Å². The van der Waals surface area contributed by atoms with Crippen molar-refractivity contribution in [3.63, 3.8) is 0 Å². The smallest absolute Gasteiger partial charge is 0.169 e. The van der Waals surface area contributed by atoms with Gasteiger partial charge in [-0.1, -0.05) is 0 Å². The largest absolute Gasteiger partial charge is 0.504 e. The molecule has 0 aromatic heterocycles. The number of methoxy groups -OCH3 is 3. The van der Waals surface area contributed by atoms with Gasteiger partial charge in [0, 0.05) is 22.3 Å². The molecule has 3 rings (SSSR count). The van der Waals surface area contributed by atoms with Crippen molar-refractivity contribution in [1.29, 1.82) is 0 Å². The number of rotatable bonds is 5. The zero-order chi connectivity index (χ0) is 22.2. The van der Waals surface area contributed by atoms with Crippen molar-refractivity contribution in [2.45, 2.75) is 20.8 Å². The van der Waals surface area contributed by atoms with Crippen LogP contribution in [-0.4, -0.2) is 36.6 Å². The molecule has 0 saturated carbocycles. The number of aryl methyl sites for hydroxylation is 3. The van der Waals surface area contributed by atoms with E-state index in [-0.39, 0.29) is 23.0 Å². The second-order valence-corrected chi connectivity index (χ2v) is 7.22. The molecule has 0 aliphatic rings. The van der Waals surface area contributed by atoms with Crippen molar-refractivity contribution in [3.05, 3.63) is 47.0 Å². The first kappa shape index (κ1) is 21.2. The summed E-state index contributed by atoms with van der Waals surface area (Å²) in [5.41, 5.74) is 4.32. The van der Waals surface area contributed by atoms with Crippen LogP contribution in [0, 0.1) is 20.8 Å². The molecule has 0 saturated heterocycles. The number of aromatic hydroxyl groups is 3. The van der Waals surface area contributed by atoms with Gasteiger partial charge >= 0.3 is 0 Å². The average Bonchev–Trinajstić information content (AvgIpc) is 2.72. The van der Waals surface area contributed by atoms with Crippen molar-refractivity contribution in [3.8, 4) is 56.8 Å².